The minimum absolute atomic E-state index is 0.0778. The van der Waals surface area contributed by atoms with Gasteiger partial charge < -0.3 is 10.4 Å². The standard InChI is InChI=1S/C15H12ClN3O3/c16-11-4-2-5-12(8-11)18-14(21)15(22)19-17-9-10-3-1-6-13(20)7-10/h1-9,20H,(H,18,21)(H,19,22)/b17-9-. The Bertz CT molecular complexity index is 731. The molecule has 2 amide bonds. The fraction of sp³-hybridized carbons (Fsp3) is 0. The molecular formula is C15H12ClN3O3. The number of nitrogens with one attached hydrogen (secondary N) is 2. The lowest BCUT2D eigenvalue weighted by Gasteiger charge is -2.04. The van der Waals surface area contributed by atoms with Crippen LogP contribution in [0.2, 0.25) is 5.02 Å². The van der Waals surface area contributed by atoms with Gasteiger partial charge in [0.25, 0.3) is 0 Å². The first kappa shape index (κ1) is 15.5. The number of nitrogens with zero attached hydrogens (tertiary/aromatic N) is 1. The molecule has 0 radical (unpaired) electrons. The summed E-state index contributed by atoms with van der Waals surface area (Å²) in [7, 11) is 0. The van der Waals surface area contributed by atoms with Crippen LogP contribution in [0.1, 0.15) is 5.56 Å². The summed E-state index contributed by atoms with van der Waals surface area (Å²) in [5, 5.41) is 15.7. The molecule has 7 heteroatoms. The molecule has 0 aliphatic heterocycles. The fourth-order valence-corrected chi connectivity index (χ4v) is 1.77. The van der Waals surface area contributed by atoms with Gasteiger partial charge in [-0.05, 0) is 35.9 Å². The summed E-state index contributed by atoms with van der Waals surface area (Å²) < 4.78 is 0. The smallest absolute Gasteiger partial charge is 0.329 e. The lowest BCUT2D eigenvalue weighted by Crippen LogP contribution is -2.32. The van der Waals surface area contributed by atoms with E-state index in [1.54, 1.807) is 30.3 Å². The van der Waals surface area contributed by atoms with E-state index in [1.807, 2.05) is 0 Å². The Balaban J connectivity index is 1.90. The van der Waals surface area contributed by atoms with Crippen molar-refractivity contribution >= 4 is 35.3 Å². The number of aromatic hydroxyl groups is 1. The average molecular weight is 318 g/mol. The molecule has 0 aliphatic rings. The molecule has 2 rings (SSSR count). The molecule has 6 nitrogen and oxygen atoms in total. The van der Waals surface area contributed by atoms with Gasteiger partial charge in [-0.25, -0.2) is 5.43 Å². The highest BCUT2D eigenvalue weighted by atomic mass is 35.5. The number of carbonyl (C=O) groups excluding carboxylic acids is 2. The maximum absolute atomic E-state index is 11.6. The highest BCUT2D eigenvalue weighted by Gasteiger charge is 2.12. The van der Waals surface area contributed by atoms with Crippen molar-refractivity contribution in [3.8, 4) is 5.75 Å². The first-order valence-electron chi connectivity index (χ1n) is 6.23. The van der Waals surface area contributed by atoms with E-state index in [4.69, 9.17) is 11.6 Å². The third kappa shape index (κ3) is 4.60. The number of halogens is 1. The van der Waals surface area contributed by atoms with Gasteiger partial charge in [0.15, 0.2) is 0 Å². The summed E-state index contributed by atoms with van der Waals surface area (Å²) in [6.45, 7) is 0. The molecule has 22 heavy (non-hydrogen) atoms. The number of amides is 2. The van der Waals surface area contributed by atoms with Gasteiger partial charge in [0, 0.05) is 10.7 Å². The van der Waals surface area contributed by atoms with Crippen LogP contribution < -0.4 is 10.7 Å². The molecule has 0 spiro atoms. The number of hydrogen-bond donors (Lipinski definition) is 3. The number of phenols is 1. The van der Waals surface area contributed by atoms with Crippen molar-refractivity contribution in [2.24, 2.45) is 5.10 Å². The van der Waals surface area contributed by atoms with Crippen LogP contribution >= 0.6 is 11.6 Å². The third-order valence-electron chi connectivity index (χ3n) is 2.54. The molecule has 0 bridgehead atoms. The van der Waals surface area contributed by atoms with E-state index in [-0.39, 0.29) is 5.75 Å². The Morgan fingerprint density at radius 2 is 1.86 bits per heavy atom. The molecule has 2 aromatic carbocycles. The Labute approximate surface area is 131 Å². The second-order valence-corrected chi connectivity index (χ2v) is 4.70. The van der Waals surface area contributed by atoms with Gasteiger partial charge in [0.1, 0.15) is 5.75 Å². The van der Waals surface area contributed by atoms with Crippen LogP contribution in [0.4, 0.5) is 5.69 Å². The van der Waals surface area contributed by atoms with Crippen LogP contribution in [0.15, 0.2) is 53.6 Å². The molecule has 0 heterocycles. The van der Waals surface area contributed by atoms with Crippen molar-refractivity contribution in [1.29, 1.82) is 0 Å². The lowest BCUT2D eigenvalue weighted by molar-refractivity contribution is -0.136. The summed E-state index contributed by atoms with van der Waals surface area (Å²) in [5.74, 6) is -1.71. The zero-order chi connectivity index (χ0) is 15.9. The van der Waals surface area contributed by atoms with Gasteiger partial charge in [-0.15, -0.1) is 0 Å². The van der Waals surface area contributed by atoms with Crippen LogP contribution in [0, 0.1) is 0 Å². The molecule has 0 atom stereocenters. The van der Waals surface area contributed by atoms with Gasteiger partial charge in [-0.2, -0.15) is 5.10 Å². The maximum Gasteiger partial charge on any atom is 0.329 e. The van der Waals surface area contributed by atoms with Gasteiger partial charge in [0.2, 0.25) is 0 Å². The predicted molar refractivity (Wildman–Crippen MR) is 83.9 cm³/mol. The molecular weight excluding hydrogens is 306 g/mol. The highest BCUT2D eigenvalue weighted by Crippen LogP contribution is 2.14. The molecule has 3 N–H and O–H groups in total. The molecule has 0 aromatic heterocycles. The second-order valence-electron chi connectivity index (χ2n) is 4.26. The molecule has 2 aromatic rings. The SMILES string of the molecule is O=C(N/N=C\c1cccc(O)c1)C(=O)Nc1cccc(Cl)c1. The minimum atomic E-state index is -0.920. The normalized spacial score (nSPS) is 10.4. The number of hydrazone groups is 1. The zero-order valence-corrected chi connectivity index (χ0v) is 12.0. The minimum Gasteiger partial charge on any atom is -0.508 e. The number of carbonyl (C=O) groups is 2. The Morgan fingerprint density at radius 1 is 1.09 bits per heavy atom. The Morgan fingerprint density at radius 3 is 2.59 bits per heavy atom. The lowest BCUT2D eigenvalue weighted by atomic mass is 10.2. The summed E-state index contributed by atoms with van der Waals surface area (Å²) >= 11 is 5.78. The summed E-state index contributed by atoms with van der Waals surface area (Å²) in [5.41, 5.74) is 3.08. The van der Waals surface area contributed by atoms with Gasteiger partial charge >= 0.3 is 11.8 Å². The Hall–Kier alpha value is -2.86. The molecule has 0 fully saturated rings. The van der Waals surface area contributed by atoms with Crippen molar-refractivity contribution in [3.05, 3.63) is 59.1 Å². The first-order chi connectivity index (χ1) is 10.5. The molecule has 0 unspecified atom stereocenters. The van der Waals surface area contributed by atoms with Crippen molar-refractivity contribution in [1.82, 2.24) is 5.43 Å². The number of benzene rings is 2. The predicted octanol–water partition coefficient (Wildman–Crippen LogP) is 2.13. The van der Waals surface area contributed by atoms with Crippen LogP contribution in [0.5, 0.6) is 5.75 Å². The van der Waals surface area contributed by atoms with Crippen molar-refractivity contribution in [2.45, 2.75) is 0 Å². The van der Waals surface area contributed by atoms with E-state index in [0.29, 0.717) is 16.3 Å². The summed E-state index contributed by atoms with van der Waals surface area (Å²) in [6.07, 6.45) is 1.31. The summed E-state index contributed by atoms with van der Waals surface area (Å²) in [4.78, 5) is 23.2. The van der Waals surface area contributed by atoms with E-state index in [9.17, 15) is 14.7 Å². The van der Waals surface area contributed by atoms with Gasteiger partial charge in [0.05, 0.1) is 6.21 Å². The monoisotopic (exact) mass is 317 g/mol. The van der Waals surface area contributed by atoms with Crippen molar-refractivity contribution < 1.29 is 14.7 Å². The highest BCUT2D eigenvalue weighted by molar-refractivity contribution is 6.39. The van der Waals surface area contributed by atoms with Crippen molar-refractivity contribution in [3.63, 3.8) is 0 Å². The molecule has 0 saturated carbocycles. The fourth-order valence-electron chi connectivity index (χ4n) is 1.58. The van der Waals surface area contributed by atoms with Crippen molar-refractivity contribution in [2.75, 3.05) is 5.32 Å². The Kier molecular flexibility index (Phi) is 5.11. The van der Waals surface area contributed by atoms with E-state index in [0.717, 1.165) is 0 Å². The summed E-state index contributed by atoms with van der Waals surface area (Å²) in [6, 6.07) is 12.7. The first-order valence-corrected chi connectivity index (χ1v) is 6.61. The number of hydrogen-bond acceptors (Lipinski definition) is 4. The van der Waals surface area contributed by atoms with E-state index in [1.165, 1.54) is 24.4 Å². The molecule has 0 saturated heterocycles. The molecule has 0 aliphatic carbocycles. The third-order valence-corrected chi connectivity index (χ3v) is 2.77. The quantitative estimate of drug-likeness (QED) is 0.460. The second kappa shape index (κ2) is 7.24. The maximum atomic E-state index is 11.6. The number of anilines is 1. The van der Waals surface area contributed by atoms with E-state index < -0.39 is 11.8 Å². The zero-order valence-electron chi connectivity index (χ0n) is 11.3. The van der Waals surface area contributed by atoms with Gasteiger partial charge in [-0.3, -0.25) is 9.59 Å². The number of phenolic OH excluding ortho intramolecular Hbond substituents is 1. The van der Waals surface area contributed by atoms with E-state index in [2.05, 4.69) is 15.8 Å². The van der Waals surface area contributed by atoms with Crippen LogP contribution in [0.3, 0.4) is 0 Å². The number of rotatable bonds is 3. The van der Waals surface area contributed by atoms with Crippen LogP contribution in [-0.2, 0) is 9.59 Å². The van der Waals surface area contributed by atoms with Crippen LogP contribution in [-0.4, -0.2) is 23.1 Å². The van der Waals surface area contributed by atoms with E-state index >= 15 is 0 Å². The topological polar surface area (TPSA) is 90.8 Å². The average Bonchev–Trinajstić information content (AvgIpc) is 2.47. The van der Waals surface area contributed by atoms with Gasteiger partial charge in [-0.1, -0.05) is 29.8 Å². The molecule has 112 valence electrons. The van der Waals surface area contributed by atoms with Crippen LogP contribution in [0.25, 0.3) is 0 Å². The largest absolute Gasteiger partial charge is 0.508 e.